The topological polar surface area (TPSA) is 64.4 Å². The first kappa shape index (κ1) is 14.8. The van der Waals surface area contributed by atoms with Gasteiger partial charge in [-0.05, 0) is 31.6 Å². The number of piperidine rings is 1. The van der Waals surface area contributed by atoms with Crippen molar-refractivity contribution in [2.45, 2.75) is 51.5 Å². The van der Waals surface area contributed by atoms with E-state index in [0.29, 0.717) is 19.0 Å². The van der Waals surface area contributed by atoms with E-state index in [-0.39, 0.29) is 12.6 Å². The zero-order chi connectivity index (χ0) is 13.9. The lowest BCUT2D eigenvalue weighted by molar-refractivity contribution is 0.252. The van der Waals surface area contributed by atoms with Crippen LogP contribution >= 0.6 is 0 Å². The van der Waals surface area contributed by atoms with Gasteiger partial charge in [-0.1, -0.05) is 19.8 Å². The Morgan fingerprint density at radius 3 is 2.32 bits per heavy atom. The minimum atomic E-state index is -3.45. The van der Waals surface area contributed by atoms with Crippen LogP contribution < -0.4 is 0 Å². The van der Waals surface area contributed by atoms with E-state index in [9.17, 15) is 8.42 Å². The quantitative estimate of drug-likeness (QED) is 0.739. The van der Waals surface area contributed by atoms with Gasteiger partial charge < -0.3 is 0 Å². The second-order valence-corrected chi connectivity index (χ2v) is 7.61. The highest BCUT2D eigenvalue weighted by atomic mass is 32.2. The summed E-state index contributed by atoms with van der Waals surface area (Å²) in [4.78, 5) is 0. The van der Waals surface area contributed by atoms with Crippen molar-refractivity contribution in [1.82, 2.24) is 8.61 Å². The van der Waals surface area contributed by atoms with Gasteiger partial charge in [0.15, 0.2) is 0 Å². The molecule has 0 aromatic rings. The third-order valence-electron chi connectivity index (χ3n) is 4.32. The third-order valence-corrected chi connectivity index (χ3v) is 6.36. The molecule has 0 amide bonds. The van der Waals surface area contributed by atoms with Crippen LogP contribution in [0.5, 0.6) is 0 Å². The van der Waals surface area contributed by atoms with Gasteiger partial charge in [-0.25, -0.2) is 0 Å². The Labute approximate surface area is 116 Å². The molecule has 0 atom stereocenters. The zero-order valence-electron chi connectivity index (χ0n) is 11.6. The van der Waals surface area contributed by atoms with Crippen LogP contribution in [0, 0.1) is 17.2 Å². The van der Waals surface area contributed by atoms with Gasteiger partial charge in [0, 0.05) is 19.1 Å². The molecule has 1 saturated carbocycles. The summed E-state index contributed by atoms with van der Waals surface area (Å²) in [6, 6.07) is 2.05. The van der Waals surface area contributed by atoms with Crippen molar-refractivity contribution >= 4 is 10.2 Å². The minimum Gasteiger partial charge on any atom is -0.197 e. The van der Waals surface area contributed by atoms with Gasteiger partial charge in [0.05, 0.1) is 6.07 Å². The summed E-state index contributed by atoms with van der Waals surface area (Å²) < 4.78 is 28.4. The number of hydrogen-bond acceptors (Lipinski definition) is 3. The monoisotopic (exact) mass is 285 g/mol. The van der Waals surface area contributed by atoms with E-state index in [1.54, 1.807) is 4.31 Å². The SMILES string of the molecule is CC1CCN(S(=O)(=O)N(CC#N)C2CCCC2)CC1. The van der Waals surface area contributed by atoms with Gasteiger partial charge in [0.2, 0.25) is 0 Å². The fourth-order valence-electron chi connectivity index (χ4n) is 3.02. The third kappa shape index (κ3) is 3.28. The molecule has 0 bridgehead atoms. The number of hydrogen-bond donors (Lipinski definition) is 0. The van der Waals surface area contributed by atoms with Gasteiger partial charge in [0.1, 0.15) is 6.54 Å². The standard InChI is InChI=1S/C13H23N3O2S/c1-12-6-9-15(10-7-12)19(17,18)16(11-8-14)13-4-2-3-5-13/h12-13H,2-7,9-11H2,1H3. The fourth-order valence-corrected chi connectivity index (χ4v) is 4.80. The van der Waals surface area contributed by atoms with Crippen molar-refractivity contribution in [2.24, 2.45) is 5.92 Å². The smallest absolute Gasteiger partial charge is 0.197 e. The van der Waals surface area contributed by atoms with E-state index >= 15 is 0 Å². The second kappa shape index (κ2) is 6.21. The Bertz CT molecular complexity index is 429. The predicted molar refractivity (Wildman–Crippen MR) is 73.5 cm³/mol. The molecule has 0 aromatic heterocycles. The molecular weight excluding hydrogens is 262 g/mol. The molecule has 0 radical (unpaired) electrons. The molecule has 1 aliphatic heterocycles. The van der Waals surface area contributed by atoms with Crippen molar-refractivity contribution in [1.29, 1.82) is 5.26 Å². The zero-order valence-corrected chi connectivity index (χ0v) is 12.4. The average Bonchev–Trinajstić information content (AvgIpc) is 2.89. The maximum Gasteiger partial charge on any atom is 0.283 e. The van der Waals surface area contributed by atoms with Crippen LogP contribution in [0.1, 0.15) is 45.4 Å². The molecule has 0 unspecified atom stereocenters. The summed E-state index contributed by atoms with van der Waals surface area (Å²) >= 11 is 0. The van der Waals surface area contributed by atoms with Crippen LogP contribution in [0.3, 0.4) is 0 Å². The maximum absolute atomic E-state index is 12.7. The van der Waals surface area contributed by atoms with E-state index in [1.807, 2.05) is 6.07 Å². The van der Waals surface area contributed by atoms with E-state index in [0.717, 1.165) is 38.5 Å². The van der Waals surface area contributed by atoms with Gasteiger partial charge in [-0.2, -0.15) is 22.3 Å². The van der Waals surface area contributed by atoms with Crippen molar-refractivity contribution < 1.29 is 8.42 Å². The van der Waals surface area contributed by atoms with E-state index in [4.69, 9.17) is 5.26 Å². The molecule has 5 nitrogen and oxygen atoms in total. The molecule has 2 aliphatic rings. The summed E-state index contributed by atoms with van der Waals surface area (Å²) in [7, 11) is -3.45. The molecular formula is C13H23N3O2S. The van der Waals surface area contributed by atoms with Crippen molar-refractivity contribution in [3.8, 4) is 6.07 Å². The highest BCUT2D eigenvalue weighted by molar-refractivity contribution is 7.86. The first-order chi connectivity index (χ1) is 9.05. The fraction of sp³-hybridized carbons (Fsp3) is 0.923. The summed E-state index contributed by atoms with van der Waals surface area (Å²) in [6.45, 7) is 3.34. The first-order valence-electron chi connectivity index (χ1n) is 7.19. The Kier molecular flexibility index (Phi) is 4.82. The molecule has 2 fully saturated rings. The second-order valence-electron chi connectivity index (χ2n) is 5.73. The first-order valence-corrected chi connectivity index (χ1v) is 8.59. The number of rotatable bonds is 4. The van der Waals surface area contributed by atoms with Crippen LogP contribution in [0.2, 0.25) is 0 Å². The molecule has 19 heavy (non-hydrogen) atoms. The Morgan fingerprint density at radius 1 is 1.21 bits per heavy atom. The predicted octanol–water partition coefficient (Wildman–Crippen LogP) is 1.73. The molecule has 1 saturated heterocycles. The van der Waals surface area contributed by atoms with Gasteiger partial charge >= 0.3 is 0 Å². The average molecular weight is 285 g/mol. The van der Waals surface area contributed by atoms with Gasteiger partial charge in [0.25, 0.3) is 10.2 Å². The van der Waals surface area contributed by atoms with Crippen molar-refractivity contribution in [3.63, 3.8) is 0 Å². The number of nitrogens with zero attached hydrogens (tertiary/aromatic N) is 3. The summed E-state index contributed by atoms with van der Waals surface area (Å²) in [5, 5.41) is 8.93. The van der Waals surface area contributed by atoms with Gasteiger partial charge in [-0.3, -0.25) is 0 Å². The van der Waals surface area contributed by atoms with E-state index < -0.39 is 10.2 Å². The Hall–Kier alpha value is -0.640. The minimum absolute atomic E-state index is 0.0148. The summed E-state index contributed by atoms with van der Waals surface area (Å²) in [5.74, 6) is 0.599. The molecule has 0 spiro atoms. The van der Waals surface area contributed by atoms with Crippen LogP contribution in [0.4, 0.5) is 0 Å². The van der Waals surface area contributed by atoms with Crippen LogP contribution in [-0.4, -0.2) is 42.7 Å². The maximum atomic E-state index is 12.7. The molecule has 108 valence electrons. The van der Waals surface area contributed by atoms with Crippen molar-refractivity contribution in [2.75, 3.05) is 19.6 Å². The number of nitriles is 1. The van der Waals surface area contributed by atoms with E-state index in [2.05, 4.69) is 6.92 Å². The normalized spacial score (nSPS) is 23.8. The summed E-state index contributed by atoms with van der Waals surface area (Å²) in [6.07, 6.45) is 5.77. The van der Waals surface area contributed by atoms with Crippen LogP contribution in [0.15, 0.2) is 0 Å². The lowest BCUT2D eigenvalue weighted by Gasteiger charge is -2.35. The highest BCUT2D eigenvalue weighted by Crippen LogP contribution is 2.28. The lowest BCUT2D eigenvalue weighted by Crippen LogP contribution is -2.50. The van der Waals surface area contributed by atoms with Crippen LogP contribution in [-0.2, 0) is 10.2 Å². The van der Waals surface area contributed by atoms with Crippen LogP contribution in [0.25, 0.3) is 0 Å². The Morgan fingerprint density at radius 2 is 1.79 bits per heavy atom. The molecule has 0 N–H and O–H groups in total. The molecule has 2 rings (SSSR count). The van der Waals surface area contributed by atoms with Gasteiger partial charge in [-0.15, -0.1) is 0 Å². The Balaban J connectivity index is 2.12. The molecule has 6 heteroatoms. The lowest BCUT2D eigenvalue weighted by atomic mass is 10.0. The van der Waals surface area contributed by atoms with Crippen molar-refractivity contribution in [3.05, 3.63) is 0 Å². The largest absolute Gasteiger partial charge is 0.283 e. The molecule has 0 aromatic carbocycles. The van der Waals surface area contributed by atoms with E-state index in [1.165, 1.54) is 4.31 Å². The molecule has 1 aliphatic carbocycles. The summed E-state index contributed by atoms with van der Waals surface area (Å²) in [5.41, 5.74) is 0. The highest BCUT2D eigenvalue weighted by Gasteiger charge is 2.37. The molecule has 1 heterocycles.